The number of hydrogen-bond acceptors (Lipinski definition) is 4. The van der Waals surface area contributed by atoms with E-state index < -0.39 is 13.2 Å². The van der Waals surface area contributed by atoms with Gasteiger partial charge in [-0.3, -0.25) is 0 Å². The Morgan fingerprint density at radius 3 is 2.21 bits per heavy atom. The average molecular weight is 350 g/mol. The van der Waals surface area contributed by atoms with Crippen LogP contribution < -0.4 is 9.47 Å². The molecule has 0 spiro atoms. The minimum Gasteiger partial charge on any atom is -0.431 e. The third-order valence-corrected chi connectivity index (χ3v) is 3.98. The molecule has 1 aliphatic heterocycles. The van der Waals surface area contributed by atoms with Gasteiger partial charge in [0.05, 0.1) is 0 Å². The number of nitrogens with zero attached hydrogens (tertiary/aromatic N) is 2. The molecule has 1 fully saturated rings. The van der Waals surface area contributed by atoms with Gasteiger partial charge in [0.2, 0.25) is 0 Å². The van der Waals surface area contributed by atoms with Gasteiger partial charge in [0, 0.05) is 26.2 Å². The summed E-state index contributed by atoms with van der Waals surface area (Å²) in [5, 5.41) is 0. The summed E-state index contributed by atoms with van der Waals surface area (Å²) in [6, 6.07) is 4.18. The van der Waals surface area contributed by atoms with Crippen LogP contribution in [0.4, 0.5) is 17.6 Å². The van der Waals surface area contributed by atoms with E-state index in [-0.39, 0.29) is 11.5 Å². The first-order valence-electron chi connectivity index (χ1n) is 7.87. The van der Waals surface area contributed by atoms with Crippen molar-refractivity contribution in [1.82, 2.24) is 9.80 Å². The average Bonchev–Trinajstić information content (AvgIpc) is 2.51. The fraction of sp³-hybridized carbons (Fsp3) is 0.625. The predicted octanol–water partition coefficient (Wildman–Crippen LogP) is 3.07. The highest BCUT2D eigenvalue weighted by Crippen LogP contribution is 2.31. The summed E-state index contributed by atoms with van der Waals surface area (Å²) >= 11 is 0. The minimum atomic E-state index is -3.09. The fourth-order valence-corrected chi connectivity index (χ4v) is 2.67. The molecule has 0 N–H and O–H groups in total. The van der Waals surface area contributed by atoms with Crippen molar-refractivity contribution in [3.05, 3.63) is 23.8 Å². The SMILES string of the molecule is CN1CCN(CCCc2ccc(OC(F)F)c(OC(F)F)c2)CC1. The molecule has 0 saturated carbocycles. The molecule has 1 saturated heterocycles. The normalized spacial score (nSPS) is 16.8. The molecule has 24 heavy (non-hydrogen) atoms. The molecule has 0 atom stereocenters. The van der Waals surface area contributed by atoms with Crippen molar-refractivity contribution in [1.29, 1.82) is 0 Å². The van der Waals surface area contributed by atoms with Crippen LogP contribution in [0.3, 0.4) is 0 Å². The third-order valence-electron chi connectivity index (χ3n) is 3.98. The summed E-state index contributed by atoms with van der Waals surface area (Å²) in [4.78, 5) is 4.62. The number of aryl methyl sites for hydroxylation is 1. The number of likely N-dealkylation sites (N-methyl/N-ethyl adjacent to an activating group) is 1. The van der Waals surface area contributed by atoms with E-state index >= 15 is 0 Å². The zero-order valence-electron chi connectivity index (χ0n) is 13.6. The van der Waals surface area contributed by atoms with E-state index in [1.807, 2.05) is 0 Å². The number of piperazine rings is 1. The van der Waals surface area contributed by atoms with Gasteiger partial charge in [0.1, 0.15) is 0 Å². The van der Waals surface area contributed by atoms with Crippen molar-refractivity contribution in [2.45, 2.75) is 26.1 Å². The molecule has 1 heterocycles. The van der Waals surface area contributed by atoms with Crippen molar-refractivity contribution in [2.24, 2.45) is 0 Å². The van der Waals surface area contributed by atoms with Crippen LogP contribution in [0, 0.1) is 0 Å². The van der Waals surface area contributed by atoms with E-state index in [1.165, 1.54) is 12.1 Å². The molecule has 8 heteroatoms. The lowest BCUT2D eigenvalue weighted by Crippen LogP contribution is -2.44. The Labute approximate surface area is 138 Å². The topological polar surface area (TPSA) is 24.9 Å². The Morgan fingerprint density at radius 1 is 0.958 bits per heavy atom. The van der Waals surface area contributed by atoms with Crippen LogP contribution in [-0.4, -0.2) is 62.8 Å². The molecule has 1 aromatic rings. The summed E-state index contributed by atoms with van der Waals surface area (Å²) in [5.41, 5.74) is 0.751. The van der Waals surface area contributed by atoms with Gasteiger partial charge in [-0.15, -0.1) is 0 Å². The van der Waals surface area contributed by atoms with Gasteiger partial charge in [-0.1, -0.05) is 6.07 Å². The molecule has 0 unspecified atom stereocenters. The first kappa shape index (κ1) is 18.8. The maximum atomic E-state index is 12.4. The minimum absolute atomic E-state index is 0.359. The van der Waals surface area contributed by atoms with E-state index in [2.05, 4.69) is 26.3 Å². The Kier molecular flexibility index (Phi) is 7.11. The van der Waals surface area contributed by atoms with E-state index in [0.29, 0.717) is 6.42 Å². The Hall–Kier alpha value is -1.54. The number of benzene rings is 1. The molecular weight excluding hydrogens is 328 g/mol. The van der Waals surface area contributed by atoms with Gasteiger partial charge in [0.15, 0.2) is 11.5 Å². The molecule has 136 valence electrons. The van der Waals surface area contributed by atoms with E-state index in [4.69, 9.17) is 0 Å². The highest BCUT2D eigenvalue weighted by molar-refractivity contribution is 5.43. The summed E-state index contributed by atoms with van der Waals surface area (Å²) in [6.45, 7) is -1.18. The molecule has 0 amide bonds. The molecule has 0 aromatic heterocycles. The van der Waals surface area contributed by atoms with Gasteiger partial charge >= 0.3 is 13.2 Å². The monoisotopic (exact) mass is 350 g/mol. The Morgan fingerprint density at radius 2 is 1.58 bits per heavy atom. The van der Waals surface area contributed by atoms with Gasteiger partial charge in [-0.05, 0) is 44.1 Å². The van der Waals surface area contributed by atoms with E-state index in [0.717, 1.165) is 44.7 Å². The fourth-order valence-electron chi connectivity index (χ4n) is 2.67. The number of ether oxygens (including phenoxy) is 2. The maximum Gasteiger partial charge on any atom is 0.387 e. The molecule has 1 aromatic carbocycles. The summed E-state index contributed by atoms with van der Waals surface area (Å²) in [5.74, 6) is -0.740. The molecule has 4 nitrogen and oxygen atoms in total. The van der Waals surface area contributed by atoms with Gasteiger partial charge in [0.25, 0.3) is 0 Å². The second kappa shape index (κ2) is 9.08. The lowest BCUT2D eigenvalue weighted by Gasteiger charge is -2.32. The third kappa shape index (κ3) is 6.16. The van der Waals surface area contributed by atoms with Crippen LogP contribution in [0.25, 0.3) is 0 Å². The number of halogens is 4. The summed E-state index contributed by atoms with van der Waals surface area (Å²) in [6.07, 6.45) is 1.51. The maximum absolute atomic E-state index is 12.4. The summed E-state index contributed by atoms with van der Waals surface area (Å²) in [7, 11) is 2.09. The van der Waals surface area contributed by atoms with Crippen LogP contribution >= 0.6 is 0 Å². The highest BCUT2D eigenvalue weighted by atomic mass is 19.3. The highest BCUT2D eigenvalue weighted by Gasteiger charge is 2.16. The number of alkyl halides is 4. The van der Waals surface area contributed by atoms with Crippen molar-refractivity contribution in [2.75, 3.05) is 39.8 Å². The van der Waals surface area contributed by atoms with Crippen molar-refractivity contribution in [3.63, 3.8) is 0 Å². The molecule has 0 radical (unpaired) electrons. The number of rotatable bonds is 8. The van der Waals surface area contributed by atoms with Crippen LogP contribution in [0.5, 0.6) is 11.5 Å². The van der Waals surface area contributed by atoms with Gasteiger partial charge in [-0.25, -0.2) is 0 Å². The van der Waals surface area contributed by atoms with Crippen LogP contribution in [0.15, 0.2) is 18.2 Å². The zero-order valence-corrected chi connectivity index (χ0v) is 13.6. The second-order valence-corrected chi connectivity index (χ2v) is 5.79. The molecule has 1 aliphatic rings. The second-order valence-electron chi connectivity index (χ2n) is 5.79. The van der Waals surface area contributed by atoms with E-state index in [9.17, 15) is 17.6 Å². The largest absolute Gasteiger partial charge is 0.431 e. The van der Waals surface area contributed by atoms with Crippen molar-refractivity contribution in [3.8, 4) is 11.5 Å². The number of hydrogen-bond donors (Lipinski definition) is 0. The van der Waals surface area contributed by atoms with E-state index in [1.54, 1.807) is 6.07 Å². The lowest BCUT2D eigenvalue weighted by atomic mass is 10.1. The van der Waals surface area contributed by atoms with Gasteiger partial charge in [-0.2, -0.15) is 17.6 Å². The lowest BCUT2D eigenvalue weighted by molar-refractivity contribution is -0.0692. The molecular formula is C16H22F4N2O2. The van der Waals surface area contributed by atoms with Gasteiger partial charge < -0.3 is 19.3 Å². The zero-order chi connectivity index (χ0) is 17.5. The van der Waals surface area contributed by atoms with Crippen LogP contribution in [-0.2, 0) is 6.42 Å². The Balaban J connectivity index is 1.90. The first-order chi connectivity index (χ1) is 11.4. The van der Waals surface area contributed by atoms with Crippen LogP contribution in [0.2, 0.25) is 0 Å². The summed E-state index contributed by atoms with van der Waals surface area (Å²) < 4.78 is 57.9. The predicted molar refractivity (Wildman–Crippen MR) is 82.0 cm³/mol. The van der Waals surface area contributed by atoms with Crippen LogP contribution in [0.1, 0.15) is 12.0 Å². The van der Waals surface area contributed by atoms with Crippen molar-refractivity contribution >= 4 is 0 Å². The Bertz CT molecular complexity index is 509. The standard InChI is InChI=1S/C16H22F4N2O2/c1-21-7-9-22(10-8-21)6-2-3-12-4-5-13(23-15(17)18)14(11-12)24-16(19)20/h4-5,11,15-16H,2-3,6-10H2,1H3. The van der Waals surface area contributed by atoms with Crippen molar-refractivity contribution < 1.29 is 27.0 Å². The molecule has 0 bridgehead atoms. The molecule has 0 aliphatic carbocycles. The first-order valence-corrected chi connectivity index (χ1v) is 7.87. The smallest absolute Gasteiger partial charge is 0.387 e. The molecule has 2 rings (SSSR count). The quantitative estimate of drug-likeness (QED) is 0.673.